The van der Waals surface area contributed by atoms with Crippen LogP contribution in [-0.4, -0.2) is 60.5 Å². The Bertz CT molecular complexity index is 730. The van der Waals surface area contributed by atoms with E-state index >= 15 is 0 Å². The van der Waals surface area contributed by atoms with Gasteiger partial charge in [-0.05, 0) is 40.0 Å². The Morgan fingerprint density at radius 3 is 1.71 bits per heavy atom. The van der Waals surface area contributed by atoms with Crippen molar-refractivity contribution in [2.24, 2.45) is 10.8 Å². The highest BCUT2D eigenvalue weighted by Gasteiger charge is 2.60. The highest BCUT2D eigenvalue weighted by Crippen LogP contribution is 2.39. The largest absolute Gasteiger partial charge is 0.465 e. The minimum atomic E-state index is -6.07. The predicted molar refractivity (Wildman–Crippen MR) is 97.1 cm³/mol. The molecule has 0 aliphatic carbocycles. The molecule has 0 saturated carbocycles. The van der Waals surface area contributed by atoms with Gasteiger partial charge in [0.25, 0.3) is 12.4 Å². The van der Waals surface area contributed by atoms with E-state index in [2.05, 4.69) is 9.47 Å². The standard InChI is InChI=1S/C19H25F9O7/c1-5-16(4,14(32)33-8-6-7-17(20,21)22)9-15(2,3)13(31)35-11(30)10(29)34-12(18(23,24)25)19(26,27)28/h11-12,30H,5-9H2,1-4H3. The molecule has 0 rings (SSSR count). The lowest BCUT2D eigenvalue weighted by molar-refractivity contribution is -0.317. The smallest absolute Gasteiger partial charge is 0.434 e. The number of rotatable bonds is 11. The Morgan fingerprint density at radius 1 is 0.829 bits per heavy atom. The van der Waals surface area contributed by atoms with Crippen molar-refractivity contribution in [1.82, 2.24) is 0 Å². The average Bonchev–Trinajstić information content (AvgIpc) is 2.65. The molecule has 206 valence electrons. The molecule has 0 aromatic rings. The van der Waals surface area contributed by atoms with Gasteiger partial charge in [-0.2, -0.15) is 39.5 Å². The molecule has 0 amide bonds. The molecule has 35 heavy (non-hydrogen) atoms. The molecule has 2 unspecified atom stereocenters. The van der Waals surface area contributed by atoms with Crippen LogP contribution in [0.15, 0.2) is 0 Å². The van der Waals surface area contributed by atoms with Crippen LogP contribution in [0.5, 0.6) is 0 Å². The Labute approximate surface area is 193 Å². The highest BCUT2D eigenvalue weighted by molar-refractivity contribution is 5.83. The van der Waals surface area contributed by atoms with E-state index in [-0.39, 0.29) is 6.42 Å². The molecule has 0 aromatic heterocycles. The van der Waals surface area contributed by atoms with Gasteiger partial charge in [-0.25, -0.2) is 4.79 Å². The first-order chi connectivity index (χ1) is 15.5. The maximum atomic E-state index is 12.5. The Hall–Kier alpha value is -2.26. The first kappa shape index (κ1) is 32.7. The van der Waals surface area contributed by atoms with E-state index in [9.17, 15) is 59.0 Å². The molecular weight excluding hydrogens is 511 g/mol. The fourth-order valence-electron chi connectivity index (χ4n) is 2.80. The number of carbonyl (C=O) groups is 3. The van der Waals surface area contributed by atoms with Crippen LogP contribution in [0.3, 0.4) is 0 Å². The number of alkyl halides is 9. The molecule has 0 heterocycles. The molecule has 0 saturated heterocycles. The minimum Gasteiger partial charge on any atom is -0.465 e. The summed E-state index contributed by atoms with van der Waals surface area (Å²) in [5, 5.41) is 9.47. The fourth-order valence-corrected chi connectivity index (χ4v) is 2.80. The highest BCUT2D eigenvalue weighted by atomic mass is 19.4. The average molecular weight is 536 g/mol. The van der Waals surface area contributed by atoms with Crippen LogP contribution in [0.1, 0.15) is 53.4 Å². The molecule has 0 aliphatic heterocycles. The van der Waals surface area contributed by atoms with Gasteiger partial charge in [-0.1, -0.05) is 6.92 Å². The minimum absolute atomic E-state index is 0.00868. The van der Waals surface area contributed by atoms with E-state index in [1.807, 2.05) is 0 Å². The third-order valence-corrected chi connectivity index (χ3v) is 4.74. The number of aliphatic hydroxyl groups is 1. The molecule has 0 aliphatic rings. The first-order valence-electron chi connectivity index (χ1n) is 9.93. The Balaban J connectivity index is 5.22. The topological polar surface area (TPSA) is 99.1 Å². The van der Waals surface area contributed by atoms with Gasteiger partial charge in [-0.15, -0.1) is 0 Å². The second kappa shape index (κ2) is 11.6. The molecule has 0 spiro atoms. The van der Waals surface area contributed by atoms with Crippen LogP contribution in [-0.2, 0) is 28.6 Å². The van der Waals surface area contributed by atoms with E-state index in [0.717, 1.165) is 13.8 Å². The first-order valence-corrected chi connectivity index (χ1v) is 9.93. The zero-order valence-electron chi connectivity index (χ0n) is 19.0. The number of hydrogen-bond donors (Lipinski definition) is 1. The number of hydrogen-bond acceptors (Lipinski definition) is 7. The summed E-state index contributed by atoms with van der Waals surface area (Å²) in [5.41, 5.74) is -3.27. The van der Waals surface area contributed by atoms with Crippen molar-refractivity contribution in [2.75, 3.05) is 6.61 Å². The van der Waals surface area contributed by atoms with E-state index in [0.29, 0.717) is 0 Å². The Morgan fingerprint density at radius 2 is 1.31 bits per heavy atom. The van der Waals surface area contributed by atoms with E-state index in [1.165, 1.54) is 13.8 Å². The normalized spacial score (nSPS) is 15.9. The van der Waals surface area contributed by atoms with Gasteiger partial charge in [0.15, 0.2) is 0 Å². The van der Waals surface area contributed by atoms with Crippen LogP contribution < -0.4 is 0 Å². The monoisotopic (exact) mass is 536 g/mol. The van der Waals surface area contributed by atoms with E-state index in [4.69, 9.17) is 4.74 Å². The van der Waals surface area contributed by atoms with Crippen molar-refractivity contribution in [3.63, 3.8) is 0 Å². The van der Waals surface area contributed by atoms with Gasteiger partial charge in [0.1, 0.15) is 0 Å². The molecule has 0 radical (unpaired) electrons. The number of esters is 3. The van der Waals surface area contributed by atoms with Crippen LogP contribution in [0.2, 0.25) is 0 Å². The van der Waals surface area contributed by atoms with Crippen molar-refractivity contribution >= 4 is 17.9 Å². The summed E-state index contributed by atoms with van der Waals surface area (Å²) < 4.78 is 124. The van der Waals surface area contributed by atoms with Crippen molar-refractivity contribution in [2.45, 2.75) is 84.3 Å². The number of halogens is 9. The number of carbonyl (C=O) groups excluding carboxylic acids is 3. The summed E-state index contributed by atoms with van der Waals surface area (Å²) in [6.45, 7) is 4.41. The second-order valence-corrected chi connectivity index (χ2v) is 8.49. The van der Waals surface area contributed by atoms with Gasteiger partial charge in [0, 0.05) is 6.42 Å². The summed E-state index contributed by atoms with van der Waals surface area (Å²) in [6, 6.07) is 0. The number of aliphatic hydroxyl groups excluding tert-OH is 1. The summed E-state index contributed by atoms with van der Waals surface area (Å²) in [7, 11) is 0. The number of ether oxygens (including phenoxy) is 3. The SMILES string of the molecule is CCC(C)(CC(C)(C)C(=O)OC(O)C(=O)OC(C(F)(F)F)C(F)(F)F)C(=O)OCCCC(F)(F)F. The van der Waals surface area contributed by atoms with Gasteiger partial charge in [-0.3, -0.25) is 9.59 Å². The van der Waals surface area contributed by atoms with Crippen LogP contribution in [0.25, 0.3) is 0 Å². The van der Waals surface area contributed by atoms with Crippen molar-refractivity contribution < 1.29 is 73.2 Å². The van der Waals surface area contributed by atoms with Gasteiger partial charge in [0.05, 0.1) is 17.4 Å². The van der Waals surface area contributed by atoms with Crippen molar-refractivity contribution in [1.29, 1.82) is 0 Å². The molecule has 16 heteroatoms. The maximum absolute atomic E-state index is 12.5. The second-order valence-electron chi connectivity index (χ2n) is 8.49. The summed E-state index contributed by atoms with van der Waals surface area (Å²) in [4.78, 5) is 36.2. The van der Waals surface area contributed by atoms with E-state index < -0.39 is 85.5 Å². The van der Waals surface area contributed by atoms with Crippen LogP contribution in [0.4, 0.5) is 39.5 Å². The van der Waals surface area contributed by atoms with Gasteiger partial charge in [0.2, 0.25) is 0 Å². The fraction of sp³-hybridized carbons (Fsp3) is 0.842. The molecule has 2 atom stereocenters. The van der Waals surface area contributed by atoms with Crippen molar-refractivity contribution in [3.8, 4) is 0 Å². The van der Waals surface area contributed by atoms with E-state index in [1.54, 1.807) is 0 Å². The van der Waals surface area contributed by atoms with Crippen LogP contribution >= 0.6 is 0 Å². The Kier molecular flexibility index (Phi) is 10.9. The molecular formula is C19H25F9O7. The van der Waals surface area contributed by atoms with Crippen LogP contribution in [0, 0.1) is 10.8 Å². The summed E-state index contributed by atoms with van der Waals surface area (Å²) in [5.74, 6) is -5.03. The zero-order valence-corrected chi connectivity index (χ0v) is 19.0. The lowest BCUT2D eigenvalue weighted by Gasteiger charge is -2.34. The molecule has 0 fully saturated rings. The molecule has 1 N–H and O–H groups in total. The third kappa shape index (κ3) is 10.9. The van der Waals surface area contributed by atoms with Crippen molar-refractivity contribution in [3.05, 3.63) is 0 Å². The third-order valence-electron chi connectivity index (χ3n) is 4.74. The summed E-state index contributed by atoms with van der Waals surface area (Å²) in [6.07, 6.45) is -26.5. The van der Waals surface area contributed by atoms with Gasteiger partial charge >= 0.3 is 36.4 Å². The van der Waals surface area contributed by atoms with Gasteiger partial charge < -0.3 is 19.3 Å². The molecule has 0 bridgehead atoms. The predicted octanol–water partition coefficient (Wildman–Crippen LogP) is 4.60. The zero-order chi connectivity index (χ0) is 28.0. The lowest BCUT2D eigenvalue weighted by atomic mass is 9.72. The quantitative estimate of drug-likeness (QED) is 0.136. The maximum Gasteiger partial charge on any atom is 0.434 e. The lowest BCUT2D eigenvalue weighted by Crippen LogP contribution is -2.48. The molecule has 0 aromatic carbocycles. The summed E-state index contributed by atoms with van der Waals surface area (Å²) >= 11 is 0. The molecule has 7 nitrogen and oxygen atoms in total.